The summed E-state index contributed by atoms with van der Waals surface area (Å²) in [5.74, 6) is 0.457. The summed E-state index contributed by atoms with van der Waals surface area (Å²) in [5.41, 5.74) is -0.960. The zero-order chi connectivity index (χ0) is 16.5. The number of hydrogen-bond donors (Lipinski definition) is 0. The van der Waals surface area contributed by atoms with E-state index < -0.39 is 11.9 Å². The Morgan fingerprint density at radius 3 is 2.32 bits per heavy atom. The van der Waals surface area contributed by atoms with Crippen LogP contribution in [0.3, 0.4) is 0 Å². The molecule has 0 aliphatic heterocycles. The minimum absolute atomic E-state index is 0.00782. The summed E-state index contributed by atoms with van der Waals surface area (Å²) in [6.07, 6.45) is -1.54. The number of hydrogen-bond acceptors (Lipinski definition) is 4. The molecular formula is C15H22F3N3O. The summed E-state index contributed by atoms with van der Waals surface area (Å²) in [4.78, 5) is 1.93. The maximum Gasteiger partial charge on any atom is 0.435 e. The van der Waals surface area contributed by atoms with Gasteiger partial charge >= 0.3 is 6.18 Å². The molecule has 1 saturated carbocycles. The summed E-state index contributed by atoms with van der Waals surface area (Å²) in [7, 11) is 3.56. The van der Waals surface area contributed by atoms with Gasteiger partial charge in [-0.1, -0.05) is 13.8 Å². The molecule has 1 aromatic heterocycles. The summed E-state index contributed by atoms with van der Waals surface area (Å²) < 4.78 is 43.2. The number of aromatic nitrogens is 2. The van der Waals surface area contributed by atoms with Crippen LogP contribution in [0.15, 0.2) is 12.1 Å². The molecule has 1 heterocycles. The largest absolute Gasteiger partial charge is 0.435 e. The van der Waals surface area contributed by atoms with Crippen LogP contribution in [-0.2, 0) is 10.9 Å². The van der Waals surface area contributed by atoms with Gasteiger partial charge in [-0.15, -0.1) is 10.2 Å². The number of anilines is 1. The highest BCUT2D eigenvalue weighted by Gasteiger charge is 2.55. The van der Waals surface area contributed by atoms with Gasteiger partial charge in [-0.25, -0.2) is 0 Å². The van der Waals surface area contributed by atoms with Crippen molar-refractivity contribution in [1.82, 2.24) is 10.2 Å². The van der Waals surface area contributed by atoms with Gasteiger partial charge in [-0.3, -0.25) is 0 Å². The molecule has 1 fully saturated rings. The van der Waals surface area contributed by atoms with Crippen molar-refractivity contribution in [2.75, 3.05) is 19.1 Å². The SMILES string of the molecule is CCC1(CC)C(OC)CC1N(C)c1ccc(C(F)(F)F)nn1. The van der Waals surface area contributed by atoms with Crippen molar-refractivity contribution >= 4 is 5.82 Å². The van der Waals surface area contributed by atoms with Crippen molar-refractivity contribution in [1.29, 1.82) is 0 Å². The molecule has 0 aromatic carbocycles. The maximum absolute atomic E-state index is 12.6. The van der Waals surface area contributed by atoms with Crippen molar-refractivity contribution < 1.29 is 17.9 Å². The molecule has 124 valence electrons. The Kier molecular flexibility index (Phi) is 4.65. The van der Waals surface area contributed by atoms with Gasteiger partial charge in [-0.05, 0) is 31.4 Å². The van der Waals surface area contributed by atoms with E-state index in [0.29, 0.717) is 5.82 Å². The molecule has 0 N–H and O–H groups in total. The Hall–Kier alpha value is -1.37. The number of rotatable bonds is 5. The van der Waals surface area contributed by atoms with Crippen LogP contribution in [-0.4, -0.2) is 36.5 Å². The highest BCUT2D eigenvalue weighted by Crippen LogP contribution is 2.51. The maximum atomic E-state index is 12.6. The number of ether oxygens (including phenoxy) is 1. The second-order valence-electron chi connectivity index (χ2n) is 5.80. The molecule has 2 unspecified atom stereocenters. The topological polar surface area (TPSA) is 38.2 Å². The van der Waals surface area contributed by atoms with E-state index in [-0.39, 0.29) is 17.6 Å². The Balaban J connectivity index is 2.20. The third kappa shape index (κ3) is 2.66. The van der Waals surface area contributed by atoms with Gasteiger partial charge in [-0.2, -0.15) is 13.2 Å². The van der Waals surface area contributed by atoms with Crippen molar-refractivity contribution in [2.24, 2.45) is 5.41 Å². The van der Waals surface area contributed by atoms with Crippen molar-refractivity contribution in [2.45, 2.75) is 51.4 Å². The number of halogens is 3. The van der Waals surface area contributed by atoms with Crippen molar-refractivity contribution in [3.63, 3.8) is 0 Å². The third-order valence-electron chi connectivity index (χ3n) is 5.11. The number of alkyl halides is 3. The first-order chi connectivity index (χ1) is 10.3. The standard InChI is InChI=1S/C15H22F3N3O/c1-5-14(6-2)11(9-12(14)22-4)21(3)13-8-7-10(19-20-13)15(16,17)18/h7-8,11-12H,5-6,9H2,1-4H3. The average Bonchev–Trinajstić information content (AvgIpc) is 2.47. The van der Waals surface area contributed by atoms with E-state index in [9.17, 15) is 13.2 Å². The number of methoxy groups -OCH3 is 1. The average molecular weight is 317 g/mol. The van der Waals surface area contributed by atoms with E-state index in [2.05, 4.69) is 24.0 Å². The van der Waals surface area contributed by atoms with Crippen molar-refractivity contribution in [3.8, 4) is 0 Å². The summed E-state index contributed by atoms with van der Waals surface area (Å²) in [6.45, 7) is 4.24. The van der Waals surface area contributed by atoms with E-state index >= 15 is 0 Å². The Morgan fingerprint density at radius 1 is 1.27 bits per heavy atom. The lowest BCUT2D eigenvalue weighted by atomic mass is 9.58. The quantitative estimate of drug-likeness (QED) is 0.833. The first-order valence-electron chi connectivity index (χ1n) is 7.46. The summed E-state index contributed by atoms with van der Waals surface area (Å²) in [6, 6.07) is 2.55. The lowest BCUT2D eigenvalue weighted by Gasteiger charge is -2.58. The molecule has 2 rings (SSSR count). The molecule has 2 atom stereocenters. The Morgan fingerprint density at radius 2 is 1.91 bits per heavy atom. The fourth-order valence-electron chi connectivity index (χ4n) is 3.60. The molecule has 1 aliphatic carbocycles. The van der Waals surface area contributed by atoms with Gasteiger partial charge in [0.15, 0.2) is 11.5 Å². The van der Waals surface area contributed by atoms with Crippen molar-refractivity contribution in [3.05, 3.63) is 17.8 Å². The molecule has 0 radical (unpaired) electrons. The summed E-state index contributed by atoms with van der Waals surface area (Å²) >= 11 is 0. The molecule has 7 heteroatoms. The third-order valence-corrected chi connectivity index (χ3v) is 5.11. The van der Waals surface area contributed by atoms with Crippen LogP contribution < -0.4 is 4.90 Å². The van der Waals surface area contributed by atoms with Crippen LogP contribution in [0, 0.1) is 5.41 Å². The normalized spacial score (nSPS) is 24.0. The lowest BCUT2D eigenvalue weighted by molar-refractivity contribution is -0.141. The van der Waals surface area contributed by atoms with Crippen LogP contribution in [0.1, 0.15) is 38.8 Å². The second kappa shape index (κ2) is 6.02. The van der Waals surface area contributed by atoms with E-state index in [4.69, 9.17) is 4.74 Å². The molecule has 0 spiro atoms. The van der Waals surface area contributed by atoms with Gasteiger partial charge in [0.05, 0.1) is 6.10 Å². The first-order valence-corrected chi connectivity index (χ1v) is 7.46. The predicted octanol–water partition coefficient (Wildman–Crippen LogP) is 3.53. The van der Waals surface area contributed by atoms with Gasteiger partial charge in [0.1, 0.15) is 0 Å². The lowest BCUT2D eigenvalue weighted by Crippen LogP contribution is -2.63. The minimum atomic E-state index is -4.46. The van der Waals surface area contributed by atoms with E-state index in [1.807, 2.05) is 11.9 Å². The van der Waals surface area contributed by atoms with E-state index in [0.717, 1.165) is 25.3 Å². The predicted molar refractivity (Wildman–Crippen MR) is 77.7 cm³/mol. The van der Waals surface area contributed by atoms with Gasteiger partial charge in [0.2, 0.25) is 0 Å². The molecule has 22 heavy (non-hydrogen) atoms. The molecule has 0 amide bonds. The first kappa shape index (κ1) is 17.0. The van der Waals surface area contributed by atoms with E-state index in [1.54, 1.807) is 7.11 Å². The molecule has 4 nitrogen and oxygen atoms in total. The van der Waals surface area contributed by atoms with Crippen LogP contribution >= 0.6 is 0 Å². The summed E-state index contributed by atoms with van der Waals surface area (Å²) in [5, 5.41) is 7.05. The zero-order valence-electron chi connectivity index (χ0n) is 13.3. The van der Waals surface area contributed by atoms with E-state index in [1.165, 1.54) is 6.07 Å². The minimum Gasteiger partial charge on any atom is -0.381 e. The Labute approximate surface area is 128 Å². The molecule has 1 aromatic rings. The highest BCUT2D eigenvalue weighted by molar-refractivity contribution is 5.40. The highest BCUT2D eigenvalue weighted by atomic mass is 19.4. The zero-order valence-corrected chi connectivity index (χ0v) is 13.3. The fraction of sp³-hybridized carbons (Fsp3) is 0.733. The van der Waals surface area contributed by atoms with Crippen LogP contribution in [0.2, 0.25) is 0 Å². The van der Waals surface area contributed by atoms with Crippen LogP contribution in [0.5, 0.6) is 0 Å². The second-order valence-corrected chi connectivity index (χ2v) is 5.80. The van der Waals surface area contributed by atoms with Gasteiger partial charge in [0, 0.05) is 25.6 Å². The van der Waals surface area contributed by atoms with Crippen LogP contribution in [0.25, 0.3) is 0 Å². The molecule has 0 saturated heterocycles. The smallest absolute Gasteiger partial charge is 0.381 e. The molecular weight excluding hydrogens is 295 g/mol. The number of nitrogens with zero attached hydrogens (tertiary/aromatic N) is 3. The van der Waals surface area contributed by atoms with Crippen LogP contribution in [0.4, 0.5) is 19.0 Å². The monoisotopic (exact) mass is 317 g/mol. The fourth-order valence-corrected chi connectivity index (χ4v) is 3.60. The van der Waals surface area contributed by atoms with Gasteiger partial charge < -0.3 is 9.64 Å². The molecule has 1 aliphatic rings. The van der Waals surface area contributed by atoms with Gasteiger partial charge in [0.25, 0.3) is 0 Å². The molecule has 0 bridgehead atoms. The Bertz CT molecular complexity index is 500.